The number of halogens is 1. The van der Waals surface area contributed by atoms with Gasteiger partial charge in [0, 0.05) is 5.69 Å². The molecule has 7 nitrogen and oxygen atoms in total. The number of amides is 3. The van der Waals surface area contributed by atoms with Crippen molar-refractivity contribution in [1.82, 2.24) is 5.32 Å². The number of carbonyl (C=O) groups is 3. The van der Waals surface area contributed by atoms with Crippen LogP contribution in [0.5, 0.6) is 0 Å². The second-order valence-corrected chi connectivity index (χ2v) is 4.65. The van der Waals surface area contributed by atoms with Gasteiger partial charge in [0.25, 0.3) is 0 Å². The van der Waals surface area contributed by atoms with Gasteiger partial charge in [-0.1, -0.05) is 11.6 Å². The number of hydrogen-bond donors (Lipinski definition) is 4. The third-order valence-corrected chi connectivity index (χ3v) is 3.04. The summed E-state index contributed by atoms with van der Waals surface area (Å²) in [6, 6.07) is 3.22. The van der Waals surface area contributed by atoms with Gasteiger partial charge in [-0.15, -0.1) is 0 Å². The maximum atomic E-state index is 11.6. The normalized spacial score (nSPS) is 12.6. The summed E-state index contributed by atoms with van der Waals surface area (Å²) in [5.41, 5.74) is 6.92. The maximum absolute atomic E-state index is 11.6. The monoisotopic (exact) mass is 296 g/mol. The summed E-state index contributed by atoms with van der Waals surface area (Å²) in [5.74, 6) is -0.962. The van der Waals surface area contributed by atoms with Crippen LogP contribution in [0.3, 0.4) is 0 Å². The third-order valence-electron chi connectivity index (χ3n) is 2.72. The smallest absolute Gasteiger partial charge is 0.243 e. The first-order valence-electron chi connectivity index (χ1n) is 5.88. The van der Waals surface area contributed by atoms with Gasteiger partial charge < -0.3 is 21.7 Å². The minimum Gasteiger partial charge on any atom is -0.346 e. The van der Waals surface area contributed by atoms with Crippen molar-refractivity contribution in [2.45, 2.75) is 6.42 Å². The lowest BCUT2D eigenvalue weighted by Gasteiger charge is -2.10. The summed E-state index contributed by atoms with van der Waals surface area (Å²) in [5, 5.41) is 7.88. The maximum Gasteiger partial charge on any atom is 0.243 e. The number of fused-ring (bicyclic) bond motifs is 1. The van der Waals surface area contributed by atoms with Crippen molar-refractivity contribution in [1.29, 1.82) is 0 Å². The van der Waals surface area contributed by atoms with Crippen LogP contribution in [0.25, 0.3) is 0 Å². The Bertz CT molecular complexity index is 588. The summed E-state index contributed by atoms with van der Waals surface area (Å²) >= 11 is 6.02. The Morgan fingerprint density at radius 1 is 1.35 bits per heavy atom. The fourth-order valence-electron chi connectivity index (χ4n) is 1.79. The lowest BCUT2D eigenvalue weighted by atomic mass is 10.1. The molecule has 0 aliphatic carbocycles. The number of rotatable bonds is 4. The number of nitrogens with one attached hydrogen (secondary N) is 3. The molecule has 1 aliphatic heterocycles. The fourth-order valence-corrected chi connectivity index (χ4v) is 2.00. The van der Waals surface area contributed by atoms with E-state index in [1.165, 1.54) is 0 Å². The molecule has 0 aromatic heterocycles. The molecule has 1 aromatic carbocycles. The molecule has 0 atom stereocenters. The molecule has 20 heavy (non-hydrogen) atoms. The second-order valence-electron chi connectivity index (χ2n) is 4.24. The molecule has 0 bridgehead atoms. The van der Waals surface area contributed by atoms with E-state index in [1.54, 1.807) is 12.1 Å². The first-order chi connectivity index (χ1) is 9.49. The molecule has 1 heterocycles. The lowest BCUT2D eigenvalue weighted by molar-refractivity contribution is -0.123. The molecule has 0 saturated heterocycles. The van der Waals surface area contributed by atoms with E-state index < -0.39 is 11.8 Å². The molecular weight excluding hydrogens is 284 g/mol. The van der Waals surface area contributed by atoms with Crippen LogP contribution >= 0.6 is 11.6 Å². The Kier molecular flexibility index (Phi) is 4.21. The summed E-state index contributed by atoms with van der Waals surface area (Å²) < 4.78 is 0. The Morgan fingerprint density at radius 3 is 2.80 bits per heavy atom. The average Bonchev–Trinajstić information content (AvgIpc) is 2.75. The van der Waals surface area contributed by atoms with Gasteiger partial charge in [0.15, 0.2) is 0 Å². The lowest BCUT2D eigenvalue weighted by Crippen LogP contribution is -2.36. The van der Waals surface area contributed by atoms with Crippen LogP contribution < -0.4 is 21.7 Å². The molecule has 0 unspecified atom stereocenters. The molecule has 0 saturated carbocycles. The Labute approximate surface area is 119 Å². The molecule has 106 valence electrons. The van der Waals surface area contributed by atoms with E-state index in [9.17, 15) is 14.4 Å². The highest BCUT2D eigenvalue weighted by atomic mass is 35.5. The van der Waals surface area contributed by atoms with Crippen LogP contribution in [0.4, 0.5) is 11.4 Å². The van der Waals surface area contributed by atoms with Gasteiger partial charge in [0.05, 0.1) is 30.2 Å². The average molecular weight is 297 g/mol. The number of carbonyl (C=O) groups excluding carboxylic acids is 3. The zero-order valence-corrected chi connectivity index (χ0v) is 11.2. The number of anilines is 2. The molecule has 2 rings (SSSR count). The molecule has 0 radical (unpaired) electrons. The van der Waals surface area contributed by atoms with Gasteiger partial charge in [-0.2, -0.15) is 0 Å². The van der Waals surface area contributed by atoms with Gasteiger partial charge in [-0.3, -0.25) is 14.4 Å². The quantitative estimate of drug-likeness (QED) is 0.618. The van der Waals surface area contributed by atoms with Crippen molar-refractivity contribution < 1.29 is 14.4 Å². The first-order valence-corrected chi connectivity index (χ1v) is 6.26. The number of benzene rings is 1. The third kappa shape index (κ3) is 3.25. The van der Waals surface area contributed by atoms with Crippen LogP contribution in [0.1, 0.15) is 5.56 Å². The van der Waals surface area contributed by atoms with Gasteiger partial charge in [0.1, 0.15) is 0 Å². The van der Waals surface area contributed by atoms with Crippen LogP contribution in [-0.4, -0.2) is 30.8 Å². The minimum atomic E-state index is -0.425. The van der Waals surface area contributed by atoms with Gasteiger partial charge in [-0.25, -0.2) is 0 Å². The highest BCUT2D eigenvalue weighted by molar-refractivity contribution is 6.34. The topological polar surface area (TPSA) is 113 Å². The van der Waals surface area contributed by atoms with Crippen LogP contribution in [0, 0.1) is 0 Å². The highest BCUT2D eigenvalue weighted by Gasteiger charge is 2.20. The summed E-state index contributed by atoms with van der Waals surface area (Å²) in [7, 11) is 0. The molecule has 8 heteroatoms. The van der Waals surface area contributed by atoms with E-state index in [-0.39, 0.29) is 25.4 Å². The van der Waals surface area contributed by atoms with E-state index in [4.69, 9.17) is 17.3 Å². The Morgan fingerprint density at radius 2 is 2.10 bits per heavy atom. The summed E-state index contributed by atoms with van der Waals surface area (Å²) in [4.78, 5) is 33.8. The van der Waals surface area contributed by atoms with Crippen LogP contribution in [0.2, 0.25) is 5.02 Å². The predicted octanol–water partition coefficient (Wildman–Crippen LogP) is -0.152. The summed E-state index contributed by atoms with van der Waals surface area (Å²) in [6.07, 6.45) is 0.249. The molecule has 0 fully saturated rings. The zero-order valence-electron chi connectivity index (χ0n) is 10.5. The van der Waals surface area contributed by atoms with Crippen molar-refractivity contribution in [3.8, 4) is 0 Å². The van der Waals surface area contributed by atoms with Crippen molar-refractivity contribution in [3.63, 3.8) is 0 Å². The van der Waals surface area contributed by atoms with Crippen molar-refractivity contribution in [3.05, 3.63) is 22.7 Å². The number of hydrogen-bond acceptors (Lipinski definition) is 4. The Hall–Kier alpha value is -2.12. The first kappa shape index (κ1) is 14.3. The molecule has 1 aliphatic rings. The van der Waals surface area contributed by atoms with Gasteiger partial charge >= 0.3 is 0 Å². The number of nitrogens with two attached hydrogens (primary N) is 1. The van der Waals surface area contributed by atoms with E-state index in [1.807, 2.05) is 0 Å². The standard InChI is InChI=1S/C12H13ClN4O3/c13-7-3-8-6(2-10(18)16-8)1-9(7)17-12(20)5-15-11(19)4-14/h1,3H,2,4-5,14H2,(H,15,19)(H,16,18)(H,17,20). The van der Waals surface area contributed by atoms with E-state index >= 15 is 0 Å². The SMILES string of the molecule is NCC(=O)NCC(=O)Nc1cc2c(cc1Cl)NC(=O)C2. The molecule has 5 N–H and O–H groups in total. The zero-order chi connectivity index (χ0) is 14.7. The van der Waals surface area contributed by atoms with E-state index in [0.717, 1.165) is 5.56 Å². The molecular formula is C12H13ClN4O3. The van der Waals surface area contributed by atoms with Crippen molar-refractivity contribution in [2.24, 2.45) is 5.73 Å². The van der Waals surface area contributed by atoms with Crippen LogP contribution in [0.15, 0.2) is 12.1 Å². The molecule has 1 aromatic rings. The van der Waals surface area contributed by atoms with E-state index in [2.05, 4.69) is 16.0 Å². The molecule has 3 amide bonds. The van der Waals surface area contributed by atoms with E-state index in [0.29, 0.717) is 16.4 Å². The Balaban J connectivity index is 2.03. The largest absolute Gasteiger partial charge is 0.346 e. The fraction of sp³-hybridized carbons (Fsp3) is 0.250. The second kappa shape index (κ2) is 5.89. The van der Waals surface area contributed by atoms with Crippen molar-refractivity contribution >= 4 is 40.7 Å². The predicted molar refractivity (Wildman–Crippen MR) is 74.5 cm³/mol. The molecule has 0 spiro atoms. The summed E-state index contributed by atoms with van der Waals surface area (Å²) in [6.45, 7) is -0.374. The minimum absolute atomic E-state index is 0.116. The van der Waals surface area contributed by atoms with Crippen molar-refractivity contribution in [2.75, 3.05) is 23.7 Å². The van der Waals surface area contributed by atoms with Gasteiger partial charge in [0.2, 0.25) is 17.7 Å². The van der Waals surface area contributed by atoms with Gasteiger partial charge in [-0.05, 0) is 17.7 Å². The van der Waals surface area contributed by atoms with Crippen LogP contribution in [-0.2, 0) is 20.8 Å². The highest BCUT2D eigenvalue weighted by Crippen LogP contribution is 2.32.